The van der Waals surface area contributed by atoms with Gasteiger partial charge in [0.25, 0.3) is 0 Å². The Bertz CT molecular complexity index is 848. The van der Waals surface area contributed by atoms with Gasteiger partial charge in [0.1, 0.15) is 5.75 Å². The molecule has 1 N–H and O–H groups in total. The molecule has 1 atom stereocenters. The summed E-state index contributed by atoms with van der Waals surface area (Å²) in [6.07, 6.45) is 8.27. The van der Waals surface area contributed by atoms with E-state index < -0.39 is 0 Å². The van der Waals surface area contributed by atoms with Gasteiger partial charge >= 0.3 is 0 Å². The van der Waals surface area contributed by atoms with Gasteiger partial charge in [-0.1, -0.05) is 37.5 Å². The Labute approximate surface area is 179 Å². The van der Waals surface area contributed by atoms with E-state index in [1.165, 1.54) is 19.3 Å². The number of hydrogen-bond donors (Lipinski definition) is 1. The van der Waals surface area contributed by atoms with Crippen molar-refractivity contribution in [3.8, 4) is 17.0 Å². The van der Waals surface area contributed by atoms with Gasteiger partial charge in [-0.3, -0.25) is 14.7 Å². The molecular formula is C25H33N3O2. The number of amides is 1. The number of pyridine rings is 1. The summed E-state index contributed by atoms with van der Waals surface area (Å²) in [6, 6.07) is 14.6. The van der Waals surface area contributed by atoms with Crippen molar-refractivity contribution in [2.45, 2.75) is 56.9 Å². The van der Waals surface area contributed by atoms with Crippen LogP contribution in [0.4, 0.5) is 0 Å². The molecule has 30 heavy (non-hydrogen) atoms. The Hall–Kier alpha value is -2.40. The summed E-state index contributed by atoms with van der Waals surface area (Å²) < 4.78 is 5.52. The first-order valence-corrected chi connectivity index (χ1v) is 11.3. The van der Waals surface area contributed by atoms with Crippen LogP contribution < -0.4 is 10.1 Å². The van der Waals surface area contributed by atoms with Crippen LogP contribution in [-0.4, -0.2) is 48.6 Å². The van der Waals surface area contributed by atoms with Crippen molar-refractivity contribution in [2.75, 3.05) is 26.7 Å². The fourth-order valence-electron chi connectivity index (χ4n) is 4.85. The van der Waals surface area contributed by atoms with Crippen LogP contribution in [0.3, 0.4) is 0 Å². The number of hydrogen-bond acceptors (Lipinski definition) is 4. The average molecular weight is 408 g/mol. The molecule has 0 bridgehead atoms. The lowest BCUT2D eigenvalue weighted by atomic mass is 9.93. The lowest BCUT2D eigenvalue weighted by molar-refractivity contribution is -0.123. The van der Waals surface area contributed by atoms with E-state index in [1.807, 2.05) is 30.3 Å². The van der Waals surface area contributed by atoms with E-state index in [9.17, 15) is 4.79 Å². The number of piperidine rings is 1. The lowest BCUT2D eigenvalue weighted by Crippen LogP contribution is -2.45. The van der Waals surface area contributed by atoms with E-state index in [0.717, 1.165) is 61.5 Å². The molecule has 1 aliphatic carbocycles. The van der Waals surface area contributed by atoms with Gasteiger partial charge in [-0.2, -0.15) is 0 Å². The third-order valence-corrected chi connectivity index (χ3v) is 6.41. The van der Waals surface area contributed by atoms with E-state index >= 15 is 0 Å². The zero-order valence-electron chi connectivity index (χ0n) is 18.0. The molecule has 0 spiro atoms. The van der Waals surface area contributed by atoms with Crippen molar-refractivity contribution in [3.63, 3.8) is 0 Å². The molecule has 1 aromatic carbocycles. The van der Waals surface area contributed by atoms with Crippen molar-refractivity contribution in [1.29, 1.82) is 0 Å². The normalized spacial score (nSPS) is 20.6. The van der Waals surface area contributed by atoms with Gasteiger partial charge in [-0.25, -0.2) is 0 Å². The Morgan fingerprint density at radius 3 is 2.73 bits per heavy atom. The Morgan fingerprint density at radius 1 is 1.07 bits per heavy atom. The molecule has 2 fully saturated rings. The highest BCUT2D eigenvalue weighted by Crippen LogP contribution is 2.31. The highest BCUT2D eigenvalue weighted by molar-refractivity contribution is 5.78. The molecule has 2 aromatic rings. The molecule has 160 valence electrons. The van der Waals surface area contributed by atoms with Gasteiger partial charge in [0.15, 0.2) is 0 Å². The van der Waals surface area contributed by atoms with Crippen LogP contribution in [0.25, 0.3) is 11.3 Å². The number of ether oxygens (including phenoxy) is 1. The molecule has 1 aliphatic heterocycles. The minimum absolute atomic E-state index is 0.179. The number of methoxy groups -OCH3 is 1. The number of aromatic nitrogens is 1. The maximum atomic E-state index is 12.6. The summed E-state index contributed by atoms with van der Waals surface area (Å²) in [6.45, 7) is 2.38. The maximum absolute atomic E-state index is 12.6. The fourth-order valence-corrected chi connectivity index (χ4v) is 4.85. The van der Waals surface area contributed by atoms with Crippen LogP contribution in [0.1, 0.15) is 56.6 Å². The van der Waals surface area contributed by atoms with E-state index in [0.29, 0.717) is 18.5 Å². The predicted molar refractivity (Wildman–Crippen MR) is 120 cm³/mol. The highest BCUT2D eigenvalue weighted by atomic mass is 16.5. The van der Waals surface area contributed by atoms with E-state index in [1.54, 1.807) is 7.11 Å². The third-order valence-electron chi connectivity index (χ3n) is 6.41. The fraction of sp³-hybridized carbons (Fsp3) is 0.520. The van der Waals surface area contributed by atoms with Crippen LogP contribution in [0.15, 0.2) is 42.5 Å². The standard InChI is InChI=1S/C25H33N3O2/c1-30-24-15-6-5-12-21(24)23-14-7-13-22(27-23)19-9-8-16-28(17-19)18-25(29)26-20-10-3-2-4-11-20/h5-7,12-15,19-20H,2-4,8-11,16-18H2,1H3,(H,26,29)/t19-/m0/s1. The molecular weight excluding hydrogens is 374 g/mol. The monoisotopic (exact) mass is 407 g/mol. The van der Waals surface area contributed by atoms with Crippen molar-refractivity contribution >= 4 is 5.91 Å². The van der Waals surface area contributed by atoms with Gasteiger partial charge in [0, 0.05) is 29.8 Å². The number of nitrogens with one attached hydrogen (secondary N) is 1. The quantitative estimate of drug-likeness (QED) is 0.772. The minimum atomic E-state index is 0.179. The zero-order chi connectivity index (χ0) is 20.8. The van der Waals surface area contributed by atoms with Gasteiger partial charge in [0.2, 0.25) is 5.91 Å². The van der Waals surface area contributed by atoms with Crippen molar-refractivity contribution < 1.29 is 9.53 Å². The van der Waals surface area contributed by atoms with Crippen LogP contribution in [0.5, 0.6) is 5.75 Å². The number of rotatable bonds is 6. The smallest absolute Gasteiger partial charge is 0.234 e. The van der Waals surface area contributed by atoms with Crippen LogP contribution >= 0.6 is 0 Å². The highest BCUT2D eigenvalue weighted by Gasteiger charge is 2.25. The summed E-state index contributed by atoms with van der Waals surface area (Å²) in [7, 11) is 1.69. The summed E-state index contributed by atoms with van der Waals surface area (Å²) in [5.74, 6) is 1.38. The SMILES string of the molecule is COc1ccccc1-c1cccc([C@H]2CCCN(CC(=O)NC3CCCCC3)C2)n1. The second kappa shape index (κ2) is 10.1. The second-order valence-corrected chi connectivity index (χ2v) is 8.62. The summed E-state index contributed by atoms with van der Waals surface area (Å²) in [5, 5.41) is 3.25. The molecule has 5 nitrogen and oxygen atoms in total. The molecule has 2 aliphatic rings. The van der Waals surface area contributed by atoms with Crippen molar-refractivity contribution in [1.82, 2.24) is 15.2 Å². The molecule has 5 heteroatoms. The topological polar surface area (TPSA) is 54.5 Å². The van der Waals surface area contributed by atoms with Crippen LogP contribution in [0, 0.1) is 0 Å². The number of likely N-dealkylation sites (tertiary alicyclic amines) is 1. The summed E-state index contributed by atoms with van der Waals surface area (Å²) in [5.41, 5.74) is 3.06. The van der Waals surface area contributed by atoms with E-state index in [-0.39, 0.29) is 5.91 Å². The molecule has 0 unspecified atom stereocenters. The van der Waals surface area contributed by atoms with Crippen molar-refractivity contribution in [3.05, 3.63) is 48.2 Å². The number of carbonyl (C=O) groups excluding carboxylic acids is 1. The molecule has 2 heterocycles. The number of para-hydroxylation sites is 1. The first-order chi connectivity index (χ1) is 14.7. The molecule has 1 saturated carbocycles. The molecule has 1 aromatic heterocycles. The van der Waals surface area contributed by atoms with Gasteiger partial charge in [-0.05, 0) is 56.5 Å². The molecule has 1 amide bonds. The summed E-state index contributed by atoms with van der Waals surface area (Å²) in [4.78, 5) is 19.8. The van der Waals surface area contributed by atoms with E-state index in [2.05, 4.69) is 22.3 Å². The van der Waals surface area contributed by atoms with Crippen molar-refractivity contribution in [2.24, 2.45) is 0 Å². The van der Waals surface area contributed by atoms with Gasteiger partial charge < -0.3 is 10.1 Å². The number of nitrogens with zero attached hydrogens (tertiary/aromatic N) is 2. The third kappa shape index (κ3) is 5.20. The molecule has 0 radical (unpaired) electrons. The Balaban J connectivity index is 1.40. The largest absolute Gasteiger partial charge is 0.496 e. The van der Waals surface area contributed by atoms with E-state index in [4.69, 9.17) is 9.72 Å². The maximum Gasteiger partial charge on any atom is 0.234 e. The van der Waals surface area contributed by atoms with Crippen LogP contribution in [-0.2, 0) is 4.79 Å². The average Bonchev–Trinajstić information content (AvgIpc) is 2.80. The molecule has 1 saturated heterocycles. The Kier molecular flexibility index (Phi) is 7.00. The minimum Gasteiger partial charge on any atom is -0.496 e. The van der Waals surface area contributed by atoms with Crippen LogP contribution in [0.2, 0.25) is 0 Å². The first-order valence-electron chi connectivity index (χ1n) is 11.3. The first kappa shape index (κ1) is 20.9. The van der Waals surface area contributed by atoms with Gasteiger partial charge in [-0.15, -0.1) is 0 Å². The lowest BCUT2D eigenvalue weighted by Gasteiger charge is -2.33. The number of carbonyl (C=O) groups is 1. The molecule has 4 rings (SSSR count). The second-order valence-electron chi connectivity index (χ2n) is 8.62. The summed E-state index contributed by atoms with van der Waals surface area (Å²) >= 11 is 0. The Morgan fingerprint density at radius 2 is 1.90 bits per heavy atom. The number of benzene rings is 1. The van der Waals surface area contributed by atoms with Gasteiger partial charge in [0.05, 0.1) is 19.3 Å². The predicted octanol–water partition coefficient (Wildman–Crippen LogP) is 4.39. The zero-order valence-corrected chi connectivity index (χ0v) is 18.0.